The molecule has 2 fully saturated rings. The molecule has 0 radical (unpaired) electrons. The summed E-state index contributed by atoms with van der Waals surface area (Å²) < 4.78 is 17.6. The summed E-state index contributed by atoms with van der Waals surface area (Å²) in [5.41, 5.74) is 0.160. The molecule has 0 aromatic carbocycles. The zero-order valence-corrected chi connectivity index (χ0v) is 20.6. The number of aromatic nitrogens is 1. The van der Waals surface area contributed by atoms with E-state index in [0.29, 0.717) is 25.3 Å². The molecule has 3 heterocycles. The van der Waals surface area contributed by atoms with E-state index in [4.69, 9.17) is 14.0 Å². The van der Waals surface area contributed by atoms with E-state index < -0.39 is 23.9 Å². The smallest absolute Gasteiger partial charge is 0.444 e. The van der Waals surface area contributed by atoms with Gasteiger partial charge in [-0.1, -0.05) is 6.07 Å². The van der Waals surface area contributed by atoms with Gasteiger partial charge in [-0.15, -0.1) is 0 Å². The lowest BCUT2D eigenvalue weighted by atomic mass is 9.80. The number of hydrogen-bond donors (Lipinski definition) is 0. The first-order chi connectivity index (χ1) is 14.7. The molecule has 3 rings (SSSR count). The molecule has 9 heteroatoms. The topological polar surface area (TPSA) is 81.2 Å². The molecular formula is C23H36BN3O5. The average Bonchev–Trinajstić information content (AvgIpc) is 2.88. The summed E-state index contributed by atoms with van der Waals surface area (Å²) in [5.74, 6) is -0.00317. The van der Waals surface area contributed by atoms with Gasteiger partial charge in [-0.25, -0.2) is 4.79 Å². The van der Waals surface area contributed by atoms with Gasteiger partial charge >= 0.3 is 13.2 Å². The zero-order chi connectivity index (χ0) is 23.9. The second-order valence-corrected chi connectivity index (χ2v) is 10.7. The molecular weight excluding hydrogens is 409 g/mol. The lowest BCUT2D eigenvalue weighted by Gasteiger charge is -2.40. The zero-order valence-electron chi connectivity index (χ0n) is 20.6. The van der Waals surface area contributed by atoms with Crippen molar-refractivity contribution in [2.45, 2.75) is 84.7 Å². The fourth-order valence-electron chi connectivity index (χ4n) is 3.70. The molecule has 0 spiro atoms. The quantitative estimate of drug-likeness (QED) is 0.665. The van der Waals surface area contributed by atoms with Crippen molar-refractivity contribution in [1.29, 1.82) is 0 Å². The van der Waals surface area contributed by atoms with Gasteiger partial charge in [0.15, 0.2) is 0 Å². The van der Waals surface area contributed by atoms with Crippen molar-refractivity contribution in [3.63, 3.8) is 0 Å². The van der Waals surface area contributed by atoms with E-state index in [9.17, 15) is 9.59 Å². The first kappa shape index (κ1) is 24.5. The number of pyridine rings is 1. The summed E-state index contributed by atoms with van der Waals surface area (Å²) in [5, 5.41) is 0. The molecule has 1 aromatic heterocycles. The minimum atomic E-state index is -0.540. The summed E-state index contributed by atoms with van der Waals surface area (Å²) in [7, 11) is -0.473. The van der Waals surface area contributed by atoms with E-state index in [0.717, 1.165) is 5.46 Å². The number of ether oxygens (including phenoxy) is 1. The molecule has 0 saturated carbocycles. The Kier molecular flexibility index (Phi) is 6.64. The predicted octanol–water partition coefficient (Wildman–Crippen LogP) is 2.39. The van der Waals surface area contributed by atoms with Crippen LogP contribution in [0.1, 0.15) is 61.1 Å². The van der Waals surface area contributed by atoms with E-state index >= 15 is 0 Å². The Morgan fingerprint density at radius 2 is 1.78 bits per heavy atom. The number of nitrogens with zero attached hydrogens (tertiary/aromatic N) is 3. The van der Waals surface area contributed by atoms with Crippen molar-refractivity contribution in [2.24, 2.45) is 0 Å². The minimum absolute atomic E-state index is 0.00317. The van der Waals surface area contributed by atoms with Gasteiger partial charge < -0.3 is 23.8 Å². The second kappa shape index (κ2) is 8.67. The number of hydrogen-bond acceptors (Lipinski definition) is 6. The van der Waals surface area contributed by atoms with E-state index in [1.54, 1.807) is 16.0 Å². The molecule has 0 bridgehead atoms. The van der Waals surface area contributed by atoms with Crippen molar-refractivity contribution < 1.29 is 23.6 Å². The summed E-state index contributed by atoms with van der Waals surface area (Å²) in [6, 6.07) is 3.64. The normalized spacial score (nSPS) is 22.8. The fraction of sp³-hybridized carbons (Fsp3) is 0.696. The molecule has 2 saturated heterocycles. The van der Waals surface area contributed by atoms with Crippen molar-refractivity contribution in [3.05, 3.63) is 24.0 Å². The molecule has 1 atom stereocenters. The van der Waals surface area contributed by atoms with Crippen LogP contribution in [-0.4, -0.2) is 76.4 Å². The Bertz CT molecular complexity index is 834. The third-order valence-electron chi connectivity index (χ3n) is 6.31. The Morgan fingerprint density at radius 3 is 2.28 bits per heavy atom. The first-order valence-electron chi connectivity index (χ1n) is 11.3. The lowest BCUT2D eigenvalue weighted by molar-refractivity contribution is -0.133. The van der Waals surface area contributed by atoms with Crippen LogP contribution in [0.4, 0.5) is 4.79 Å². The molecule has 8 nitrogen and oxygen atoms in total. The van der Waals surface area contributed by atoms with E-state index in [1.807, 2.05) is 67.5 Å². The molecule has 2 amide bonds. The molecule has 2 aliphatic rings. The summed E-state index contributed by atoms with van der Waals surface area (Å²) >= 11 is 0. The predicted molar refractivity (Wildman–Crippen MR) is 123 cm³/mol. The summed E-state index contributed by atoms with van der Waals surface area (Å²) in [6.45, 7) is 16.9. The van der Waals surface area contributed by atoms with Gasteiger partial charge in [0.2, 0.25) is 5.91 Å². The third kappa shape index (κ3) is 5.43. The highest BCUT2D eigenvalue weighted by Gasteiger charge is 2.51. The summed E-state index contributed by atoms with van der Waals surface area (Å²) in [6.07, 6.45) is 1.59. The van der Waals surface area contributed by atoms with Crippen LogP contribution in [0.15, 0.2) is 18.3 Å². The Morgan fingerprint density at radius 1 is 1.16 bits per heavy atom. The Hall–Kier alpha value is -2.13. The Balaban J connectivity index is 1.55. The van der Waals surface area contributed by atoms with Crippen LogP contribution in [0.3, 0.4) is 0 Å². The van der Waals surface area contributed by atoms with Gasteiger partial charge in [-0.05, 0) is 61.5 Å². The second-order valence-electron chi connectivity index (χ2n) is 10.7. The largest absolute Gasteiger partial charge is 0.496 e. The molecule has 0 N–H and O–H groups in total. The maximum absolute atomic E-state index is 12.8. The first-order valence-corrected chi connectivity index (χ1v) is 11.3. The number of amides is 2. The fourth-order valence-corrected chi connectivity index (χ4v) is 3.70. The number of piperazine rings is 1. The number of carbonyl (C=O) groups excluding carboxylic acids is 2. The van der Waals surface area contributed by atoms with Crippen molar-refractivity contribution in [2.75, 3.05) is 19.6 Å². The number of rotatable bonds is 3. The molecule has 1 aromatic rings. The van der Waals surface area contributed by atoms with Gasteiger partial charge in [0, 0.05) is 43.0 Å². The molecule has 0 unspecified atom stereocenters. The van der Waals surface area contributed by atoms with Crippen LogP contribution in [0.25, 0.3) is 0 Å². The van der Waals surface area contributed by atoms with Crippen LogP contribution >= 0.6 is 0 Å². The minimum Gasteiger partial charge on any atom is -0.444 e. The highest BCUT2D eigenvalue weighted by molar-refractivity contribution is 6.62. The maximum Gasteiger partial charge on any atom is 0.496 e. The third-order valence-corrected chi connectivity index (χ3v) is 6.31. The molecule has 176 valence electrons. The molecule has 32 heavy (non-hydrogen) atoms. The van der Waals surface area contributed by atoms with Crippen molar-refractivity contribution in [3.8, 4) is 0 Å². The maximum atomic E-state index is 12.8. The van der Waals surface area contributed by atoms with Crippen LogP contribution in [0, 0.1) is 0 Å². The van der Waals surface area contributed by atoms with Crippen molar-refractivity contribution in [1.82, 2.24) is 14.8 Å². The van der Waals surface area contributed by atoms with Crippen molar-refractivity contribution >= 4 is 24.6 Å². The van der Waals surface area contributed by atoms with E-state index in [1.165, 1.54) is 0 Å². The standard InChI is InChI=1S/C23H36BN3O5/c1-16-15-26(11-12-27(16)20(29)30-21(2,3)4)19(28)13-18-10-9-17(14-25-18)24-31-22(5,6)23(7,8)32-24/h9-10,14,16H,11-13,15H2,1-8H3/t16-/m0/s1. The van der Waals surface area contributed by atoms with Gasteiger partial charge in [-0.3, -0.25) is 9.78 Å². The highest BCUT2D eigenvalue weighted by Crippen LogP contribution is 2.36. The lowest BCUT2D eigenvalue weighted by Crippen LogP contribution is -2.56. The van der Waals surface area contributed by atoms with Gasteiger partial charge in [0.25, 0.3) is 0 Å². The van der Waals surface area contributed by atoms with Gasteiger partial charge in [-0.2, -0.15) is 0 Å². The van der Waals surface area contributed by atoms with Gasteiger partial charge in [0.05, 0.1) is 17.6 Å². The molecule has 0 aliphatic carbocycles. The SMILES string of the molecule is C[C@H]1CN(C(=O)Cc2ccc(B3OC(C)(C)C(C)(C)O3)cn2)CCN1C(=O)OC(C)(C)C. The Labute approximate surface area is 191 Å². The average molecular weight is 445 g/mol. The highest BCUT2D eigenvalue weighted by atomic mass is 16.7. The van der Waals surface area contributed by atoms with Crippen LogP contribution in [0.5, 0.6) is 0 Å². The van der Waals surface area contributed by atoms with E-state index in [2.05, 4.69) is 4.98 Å². The molecule has 2 aliphatic heterocycles. The monoisotopic (exact) mass is 445 g/mol. The number of carbonyl (C=O) groups is 2. The van der Waals surface area contributed by atoms with Gasteiger partial charge in [0.1, 0.15) is 5.60 Å². The van der Waals surface area contributed by atoms with Crippen LogP contribution < -0.4 is 5.46 Å². The summed E-state index contributed by atoms with van der Waals surface area (Å²) in [4.78, 5) is 33.2. The van der Waals surface area contributed by atoms with Crippen LogP contribution in [0.2, 0.25) is 0 Å². The van der Waals surface area contributed by atoms with E-state index in [-0.39, 0.29) is 24.5 Å². The van der Waals surface area contributed by atoms with Crippen LogP contribution in [-0.2, 0) is 25.3 Å².